The predicted octanol–water partition coefficient (Wildman–Crippen LogP) is 9.76. The maximum atomic E-state index is 6.65. The summed E-state index contributed by atoms with van der Waals surface area (Å²) >= 11 is -2.27. The Labute approximate surface area is 305 Å². The summed E-state index contributed by atoms with van der Waals surface area (Å²) in [4.78, 5) is 11.0. The van der Waals surface area contributed by atoms with Crippen molar-refractivity contribution in [3.05, 3.63) is 0 Å². The number of unbranched alkanes of at least 4 members (excludes halogenated alkanes) is 6. The van der Waals surface area contributed by atoms with E-state index in [-0.39, 0.29) is 18.9 Å². The van der Waals surface area contributed by atoms with Crippen LogP contribution in [0.15, 0.2) is 0 Å². The van der Waals surface area contributed by atoms with Crippen LogP contribution in [-0.2, 0) is 28.4 Å². The van der Waals surface area contributed by atoms with Gasteiger partial charge in [0.15, 0.2) is 18.9 Å². The fourth-order valence-electron chi connectivity index (χ4n) is 6.66. The van der Waals surface area contributed by atoms with E-state index in [9.17, 15) is 0 Å². The van der Waals surface area contributed by atoms with Crippen molar-refractivity contribution in [2.45, 2.75) is 212 Å². The maximum absolute atomic E-state index is 6.65. The number of hydrogen-bond acceptors (Lipinski definition) is 6. The molecule has 0 aromatic carbocycles. The Hall–Kier alpha value is -1.03. The molecule has 0 aromatic rings. The summed E-state index contributed by atoms with van der Waals surface area (Å²) in [5.74, 6) is 10.8. The molecule has 3 heterocycles. The second-order valence-electron chi connectivity index (χ2n) is 15.0. The summed E-state index contributed by atoms with van der Waals surface area (Å²) in [6, 6.07) is 0. The average molecular weight is 697 g/mol. The normalized spacial score (nSPS) is 24.7. The molecule has 3 fully saturated rings. The third-order valence-electron chi connectivity index (χ3n) is 9.80. The lowest BCUT2D eigenvalue weighted by atomic mass is 9.98. The minimum absolute atomic E-state index is 0.205. The molecule has 6 nitrogen and oxygen atoms in total. The van der Waals surface area contributed by atoms with Gasteiger partial charge in [-0.25, -0.2) is 0 Å². The minimum Gasteiger partial charge on any atom is -0.353 e. The van der Waals surface area contributed by atoms with E-state index in [4.69, 9.17) is 28.4 Å². The molecule has 49 heavy (non-hydrogen) atoms. The molecule has 7 heteroatoms. The van der Waals surface area contributed by atoms with Crippen LogP contribution in [0.2, 0.25) is 0 Å². The fourth-order valence-corrected chi connectivity index (χ4v) is 8.22. The van der Waals surface area contributed by atoms with Gasteiger partial charge in [0.05, 0.1) is 0 Å². The van der Waals surface area contributed by atoms with Gasteiger partial charge in [-0.2, -0.15) is 14.3 Å². The molecule has 0 saturated carbocycles. The molecule has 0 N–H and O–H groups in total. The van der Waals surface area contributed by atoms with Crippen LogP contribution in [0.1, 0.15) is 176 Å². The SMILES string of the molecule is CCCCCC(C)(C#[C][Al]([C]#CC(C)(CCCCC)OC1CCCCO1)[C]#CC(C)(CCCCC)OC1CCCCO1)OC1CCCCO1. The highest BCUT2D eigenvalue weighted by Crippen LogP contribution is 2.28. The Kier molecular flexibility index (Phi) is 20.3. The Bertz CT molecular complexity index is 956. The van der Waals surface area contributed by atoms with Crippen molar-refractivity contribution >= 4 is 14.1 Å². The van der Waals surface area contributed by atoms with Crippen molar-refractivity contribution < 1.29 is 28.4 Å². The van der Waals surface area contributed by atoms with Crippen LogP contribution in [0.4, 0.5) is 0 Å². The van der Waals surface area contributed by atoms with Crippen molar-refractivity contribution in [1.29, 1.82) is 0 Å². The van der Waals surface area contributed by atoms with E-state index in [1.165, 1.54) is 0 Å². The highest BCUT2D eigenvalue weighted by atomic mass is 27.2. The van der Waals surface area contributed by atoms with E-state index in [0.29, 0.717) is 0 Å². The van der Waals surface area contributed by atoms with Crippen LogP contribution >= 0.6 is 0 Å². The van der Waals surface area contributed by atoms with Crippen molar-refractivity contribution in [1.82, 2.24) is 0 Å². The first kappa shape index (κ1) is 42.4. The number of rotatable bonds is 18. The molecular weight excluding hydrogens is 627 g/mol. The van der Waals surface area contributed by atoms with E-state index in [0.717, 1.165) is 155 Å². The minimum atomic E-state index is -2.27. The maximum Gasteiger partial charge on any atom is 0.574 e. The van der Waals surface area contributed by atoms with Crippen LogP contribution in [0.25, 0.3) is 0 Å². The van der Waals surface area contributed by atoms with E-state index in [2.05, 4.69) is 73.7 Å². The van der Waals surface area contributed by atoms with Gasteiger partial charge >= 0.3 is 14.1 Å². The standard InChI is InChI=1S/3C14H23O2.Al/c3*1-4-6-8-11-14(3,5-2)16-13-10-7-9-12-15-13;/h3*13H,4,6-12H2,1,3H3;. The number of hydrogen-bond donors (Lipinski definition) is 0. The van der Waals surface area contributed by atoms with E-state index < -0.39 is 31.0 Å². The molecule has 3 rings (SSSR count). The van der Waals surface area contributed by atoms with Gasteiger partial charge in [-0.15, -0.1) is 0 Å². The van der Waals surface area contributed by atoms with Gasteiger partial charge < -0.3 is 28.4 Å². The Morgan fingerprint density at radius 3 is 1.04 bits per heavy atom. The van der Waals surface area contributed by atoms with Crippen LogP contribution in [0.5, 0.6) is 0 Å². The van der Waals surface area contributed by atoms with Gasteiger partial charge in [0, 0.05) is 19.8 Å². The smallest absolute Gasteiger partial charge is 0.353 e. The molecule has 276 valence electrons. The first-order valence-corrected chi connectivity index (χ1v) is 21.9. The zero-order valence-electron chi connectivity index (χ0n) is 32.2. The average Bonchev–Trinajstić information content (AvgIpc) is 3.10. The van der Waals surface area contributed by atoms with Gasteiger partial charge in [0.25, 0.3) is 0 Å². The second-order valence-corrected chi connectivity index (χ2v) is 16.8. The highest BCUT2D eigenvalue weighted by molar-refractivity contribution is 6.82. The monoisotopic (exact) mass is 696 g/mol. The summed E-state index contributed by atoms with van der Waals surface area (Å²) in [5, 5.41) is 0. The Balaban J connectivity index is 1.99. The zero-order chi connectivity index (χ0) is 35.3. The van der Waals surface area contributed by atoms with Crippen molar-refractivity contribution in [3.63, 3.8) is 0 Å². The predicted molar refractivity (Wildman–Crippen MR) is 201 cm³/mol. The van der Waals surface area contributed by atoms with E-state index in [1.807, 2.05) is 0 Å². The topological polar surface area (TPSA) is 55.4 Å². The first-order chi connectivity index (χ1) is 23.7. The molecule has 3 aliphatic heterocycles. The molecule has 0 aromatic heterocycles. The fraction of sp³-hybridized carbons (Fsp3) is 0.857. The molecule has 0 radical (unpaired) electrons. The summed E-state index contributed by atoms with van der Waals surface area (Å²) in [6.07, 6.45) is 21.5. The Morgan fingerprint density at radius 1 is 0.490 bits per heavy atom. The van der Waals surface area contributed by atoms with Gasteiger partial charge in [0.1, 0.15) is 16.8 Å². The van der Waals surface area contributed by atoms with Crippen molar-refractivity contribution in [2.75, 3.05) is 19.8 Å². The molecule has 3 aliphatic rings. The van der Waals surface area contributed by atoms with E-state index in [1.54, 1.807) is 0 Å². The zero-order valence-corrected chi connectivity index (χ0v) is 33.4. The van der Waals surface area contributed by atoms with Crippen LogP contribution in [0, 0.1) is 32.1 Å². The summed E-state index contributed by atoms with van der Waals surface area (Å²) < 4.78 is 38.0. The van der Waals surface area contributed by atoms with Gasteiger partial charge in [0.2, 0.25) is 0 Å². The summed E-state index contributed by atoms with van der Waals surface area (Å²) in [7, 11) is 0. The molecule has 3 saturated heterocycles. The first-order valence-electron chi connectivity index (χ1n) is 20.2. The molecule has 0 amide bonds. The van der Waals surface area contributed by atoms with Crippen LogP contribution in [0.3, 0.4) is 0 Å². The largest absolute Gasteiger partial charge is 0.574 e. The molecular formula is C42H69AlO6. The van der Waals surface area contributed by atoms with Gasteiger partial charge in [-0.1, -0.05) is 77.1 Å². The third kappa shape index (κ3) is 17.4. The van der Waals surface area contributed by atoms with Crippen molar-refractivity contribution in [2.24, 2.45) is 0 Å². The lowest BCUT2D eigenvalue weighted by Crippen LogP contribution is -2.37. The molecule has 6 unspecified atom stereocenters. The lowest BCUT2D eigenvalue weighted by molar-refractivity contribution is -0.205. The highest BCUT2D eigenvalue weighted by Gasteiger charge is 2.32. The van der Waals surface area contributed by atoms with E-state index >= 15 is 0 Å². The molecule has 6 atom stereocenters. The molecule has 0 bridgehead atoms. The van der Waals surface area contributed by atoms with Crippen molar-refractivity contribution in [3.8, 4) is 32.1 Å². The summed E-state index contributed by atoms with van der Waals surface area (Å²) in [5.41, 5.74) is -1.83. The van der Waals surface area contributed by atoms with Gasteiger partial charge in [-0.05, 0) is 117 Å². The molecule has 0 aliphatic carbocycles. The second kappa shape index (κ2) is 23.5. The third-order valence-corrected chi connectivity index (χ3v) is 11.1. The van der Waals surface area contributed by atoms with Gasteiger partial charge in [-0.3, -0.25) is 0 Å². The van der Waals surface area contributed by atoms with Crippen LogP contribution < -0.4 is 0 Å². The van der Waals surface area contributed by atoms with Crippen LogP contribution in [-0.4, -0.2) is 69.6 Å². The Morgan fingerprint density at radius 2 is 0.796 bits per heavy atom. The number of ether oxygens (including phenoxy) is 6. The summed E-state index contributed by atoms with van der Waals surface area (Å²) in [6.45, 7) is 15.4. The lowest BCUT2D eigenvalue weighted by Gasteiger charge is -2.32. The quantitative estimate of drug-likeness (QED) is 0.0808. The molecule has 0 spiro atoms.